The van der Waals surface area contributed by atoms with Crippen molar-refractivity contribution in [2.45, 2.75) is 30.9 Å². The van der Waals surface area contributed by atoms with E-state index in [1.165, 1.54) is 0 Å². The van der Waals surface area contributed by atoms with Crippen molar-refractivity contribution in [3.8, 4) is 16.9 Å². The van der Waals surface area contributed by atoms with Crippen molar-refractivity contribution < 1.29 is 22.7 Å². The fourth-order valence-corrected chi connectivity index (χ4v) is 5.44. The summed E-state index contributed by atoms with van der Waals surface area (Å²) < 4.78 is 40.6. The van der Waals surface area contributed by atoms with Crippen LogP contribution in [0.15, 0.2) is 77.7 Å². The van der Waals surface area contributed by atoms with Crippen LogP contribution in [0.3, 0.4) is 0 Å². The Balaban J connectivity index is 1.58. The van der Waals surface area contributed by atoms with E-state index in [1.807, 2.05) is 37.3 Å². The van der Waals surface area contributed by atoms with Gasteiger partial charge in [0, 0.05) is 39.4 Å². The molecule has 4 rings (SSSR count). The number of fused-ring (bicyclic) bond motifs is 1. The first-order valence-electron chi connectivity index (χ1n) is 12.6. The number of rotatable bonds is 5. The normalized spacial score (nSPS) is 21.0. The van der Waals surface area contributed by atoms with E-state index in [0.717, 1.165) is 11.1 Å². The van der Waals surface area contributed by atoms with Gasteiger partial charge in [0.25, 0.3) is 15.9 Å². The summed E-state index contributed by atoms with van der Waals surface area (Å²) in [5.74, 6) is 0.286. The SMILES string of the molecule is CO[C@@H]1CN(C)C(=O)c2ccc(NS(=O)(=O)c3ccc(-c4ccccc4)cc3)cc2OC[C@H](C)NC[C@@H]1C. The Morgan fingerprint density at radius 2 is 1.68 bits per heavy atom. The minimum atomic E-state index is -3.86. The molecule has 8 nitrogen and oxygen atoms in total. The van der Waals surface area contributed by atoms with Gasteiger partial charge in [0.05, 0.1) is 22.3 Å². The van der Waals surface area contributed by atoms with E-state index in [1.54, 1.807) is 61.5 Å². The quantitative estimate of drug-likeness (QED) is 0.505. The number of likely N-dealkylation sites (N-methyl/N-ethyl adjacent to an activating group) is 1. The fraction of sp³-hybridized carbons (Fsp3) is 0.345. The monoisotopic (exact) mass is 537 g/mol. The standard InChI is InChI=1S/C29H35N3O5S/c1-20-17-30-21(2)19-37-27-16-24(12-15-26(27)29(33)32(3)18-28(20)36-4)31-38(34,35)25-13-10-23(11-14-25)22-8-6-5-7-9-22/h5-16,20-21,28,30-31H,17-19H2,1-4H3/t20-,21-,28+/m0/s1. The molecule has 1 heterocycles. The van der Waals surface area contributed by atoms with Gasteiger partial charge in [-0.1, -0.05) is 49.4 Å². The molecule has 202 valence electrons. The predicted molar refractivity (Wildman–Crippen MR) is 149 cm³/mol. The molecule has 0 unspecified atom stereocenters. The van der Waals surface area contributed by atoms with Crippen LogP contribution in [0.4, 0.5) is 5.69 Å². The van der Waals surface area contributed by atoms with Gasteiger partial charge in [0.1, 0.15) is 12.4 Å². The van der Waals surface area contributed by atoms with Crippen molar-refractivity contribution in [1.29, 1.82) is 0 Å². The van der Waals surface area contributed by atoms with Crippen LogP contribution in [0.5, 0.6) is 5.75 Å². The number of nitrogens with one attached hydrogen (secondary N) is 2. The molecule has 3 aromatic carbocycles. The minimum Gasteiger partial charge on any atom is -0.491 e. The fourth-order valence-electron chi connectivity index (χ4n) is 4.39. The van der Waals surface area contributed by atoms with Crippen molar-refractivity contribution >= 4 is 21.6 Å². The maximum absolute atomic E-state index is 13.3. The third kappa shape index (κ3) is 6.53. The zero-order valence-electron chi connectivity index (χ0n) is 22.2. The molecule has 1 aliphatic heterocycles. The molecule has 0 bridgehead atoms. The van der Waals surface area contributed by atoms with Crippen LogP contribution in [-0.4, -0.2) is 65.2 Å². The van der Waals surface area contributed by atoms with Crippen molar-refractivity contribution in [1.82, 2.24) is 10.2 Å². The summed E-state index contributed by atoms with van der Waals surface area (Å²) in [6.45, 7) is 5.52. The average molecular weight is 538 g/mol. The summed E-state index contributed by atoms with van der Waals surface area (Å²) in [4.78, 5) is 15.1. The average Bonchev–Trinajstić information content (AvgIpc) is 2.93. The lowest BCUT2D eigenvalue weighted by Crippen LogP contribution is -2.44. The second kappa shape index (κ2) is 12.0. The van der Waals surface area contributed by atoms with Crippen LogP contribution in [-0.2, 0) is 14.8 Å². The molecule has 0 spiro atoms. The van der Waals surface area contributed by atoms with Gasteiger partial charge in [-0.3, -0.25) is 9.52 Å². The summed E-state index contributed by atoms with van der Waals surface area (Å²) in [7, 11) is -0.484. The van der Waals surface area contributed by atoms with Crippen molar-refractivity contribution in [3.63, 3.8) is 0 Å². The van der Waals surface area contributed by atoms with Gasteiger partial charge in [-0.2, -0.15) is 0 Å². The Labute approximate surface area is 225 Å². The molecule has 1 aliphatic rings. The summed E-state index contributed by atoms with van der Waals surface area (Å²) in [6, 6.07) is 21.2. The summed E-state index contributed by atoms with van der Waals surface area (Å²) in [5.41, 5.74) is 2.60. The largest absolute Gasteiger partial charge is 0.491 e. The van der Waals surface area contributed by atoms with Gasteiger partial charge < -0.3 is 19.7 Å². The molecule has 0 radical (unpaired) electrons. The zero-order valence-corrected chi connectivity index (χ0v) is 23.0. The number of amides is 1. The maximum atomic E-state index is 13.3. The minimum absolute atomic E-state index is 0.0125. The van der Waals surface area contributed by atoms with E-state index in [2.05, 4.69) is 17.0 Å². The Bertz CT molecular complexity index is 1350. The zero-order chi connectivity index (χ0) is 27.3. The van der Waals surface area contributed by atoms with E-state index in [9.17, 15) is 13.2 Å². The van der Waals surface area contributed by atoms with Crippen LogP contribution >= 0.6 is 0 Å². The van der Waals surface area contributed by atoms with Crippen LogP contribution in [0, 0.1) is 5.92 Å². The number of hydrogen-bond acceptors (Lipinski definition) is 6. The molecule has 2 N–H and O–H groups in total. The predicted octanol–water partition coefficient (Wildman–Crippen LogP) is 4.25. The number of hydrogen-bond donors (Lipinski definition) is 2. The number of anilines is 1. The van der Waals surface area contributed by atoms with Crippen LogP contribution in [0.2, 0.25) is 0 Å². The Hall–Kier alpha value is -3.40. The number of carbonyl (C=O) groups is 1. The Kier molecular flexibility index (Phi) is 8.71. The van der Waals surface area contributed by atoms with Crippen LogP contribution < -0.4 is 14.8 Å². The summed E-state index contributed by atoms with van der Waals surface area (Å²) >= 11 is 0. The molecule has 3 aromatic rings. The third-order valence-electron chi connectivity index (χ3n) is 6.75. The number of sulfonamides is 1. The lowest BCUT2D eigenvalue weighted by Gasteiger charge is -2.30. The third-order valence-corrected chi connectivity index (χ3v) is 8.15. The summed E-state index contributed by atoms with van der Waals surface area (Å²) in [6.07, 6.45) is -0.133. The number of carbonyl (C=O) groups excluding carboxylic acids is 1. The first-order chi connectivity index (χ1) is 18.2. The molecule has 1 amide bonds. The smallest absolute Gasteiger partial charge is 0.261 e. The molecular weight excluding hydrogens is 502 g/mol. The number of benzene rings is 3. The topological polar surface area (TPSA) is 97.0 Å². The van der Waals surface area contributed by atoms with Gasteiger partial charge in [0.15, 0.2) is 0 Å². The molecule has 3 atom stereocenters. The maximum Gasteiger partial charge on any atom is 0.261 e. The van der Waals surface area contributed by atoms with Crippen LogP contribution in [0.25, 0.3) is 11.1 Å². The molecule has 38 heavy (non-hydrogen) atoms. The Morgan fingerprint density at radius 3 is 2.37 bits per heavy atom. The number of ether oxygens (including phenoxy) is 2. The van der Waals surface area contributed by atoms with Gasteiger partial charge >= 0.3 is 0 Å². The van der Waals surface area contributed by atoms with E-state index in [-0.39, 0.29) is 28.9 Å². The molecule has 0 aromatic heterocycles. The van der Waals surface area contributed by atoms with Gasteiger partial charge in [-0.25, -0.2) is 8.42 Å². The number of methoxy groups -OCH3 is 1. The van der Waals surface area contributed by atoms with Crippen molar-refractivity contribution in [2.75, 3.05) is 38.6 Å². The van der Waals surface area contributed by atoms with E-state index in [4.69, 9.17) is 9.47 Å². The van der Waals surface area contributed by atoms with E-state index in [0.29, 0.717) is 36.7 Å². The van der Waals surface area contributed by atoms with Crippen molar-refractivity contribution in [3.05, 3.63) is 78.4 Å². The first-order valence-corrected chi connectivity index (χ1v) is 14.1. The molecule has 0 saturated heterocycles. The van der Waals surface area contributed by atoms with Crippen molar-refractivity contribution in [2.24, 2.45) is 5.92 Å². The van der Waals surface area contributed by atoms with Gasteiger partial charge in [-0.05, 0) is 48.2 Å². The highest BCUT2D eigenvalue weighted by atomic mass is 32.2. The molecule has 0 fully saturated rings. The Morgan fingerprint density at radius 1 is 1.00 bits per heavy atom. The molecule has 0 saturated carbocycles. The van der Waals surface area contributed by atoms with E-state index >= 15 is 0 Å². The second-order valence-corrected chi connectivity index (χ2v) is 11.4. The highest BCUT2D eigenvalue weighted by Crippen LogP contribution is 2.28. The van der Waals surface area contributed by atoms with Crippen LogP contribution in [0.1, 0.15) is 24.2 Å². The van der Waals surface area contributed by atoms with Gasteiger partial charge in [0.2, 0.25) is 0 Å². The van der Waals surface area contributed by atoms with E-state index < -0.39 is 10.0 Å². The highest BCUT2D eigenvalue weighted by Gasteiger charge is 2.26. The molecular formula is C29H35N3O5S. The lowest BCUT2D eigenvalue weighted by atomic mass is 10.0. The summed E-state index contributed by atoms with van der Waals surface area (Å²) in [5, 5.41) is 3.44. The molecule has 0 aliphatic carbocycles. The number of nitrogens with zero attached hydrogens (tertiary/aromatic N) is 1. The highest BCUT2D eigenvalue weighted by molar-refractivity contribution is 7.92. The van der Waals surface area contributed by atoms with Gasteiger partial charge in [-0.15, -0.1) is 0 Å². The first kappa shape index (κ1) is 27.6. The molecule has 9 heteroatoms. The lowest BCUT2D eigenvalue weighted by molar-refractivity contribution is 0.0281. The second-order valence-electron chi connectivity index (χ2n) is 9.76.